The Morgan fingerprint density at radius 3 is 1.81 bits per heavy atom. The summed E-state index contributed by atoms with van der Waals surface area (Å²) in [5.41, 5.74) is 16.3. The maximum absolute atomic E-state index is 14.3. The van der Waals surface area contributed by atoms with Crippen molar-refractivity contribution in [2.24, 2.45) is 34.0 Å². The highest BCUT2D eigenvalue weighted by Gasteiger charge is 2.41. The van der Waals surface area contributed by atoms with E-state index in [1.54, 1.807) is 41.5 Å². The Morgan fingerprint density at radius 1 is 0.712 bits per heavy atom. The predicted molar refractivity (Wildman–Crippen MR) is 270 cm³/mol. The van der Waals surface area contributed by atoms with Crippen LogP contribution in [0.1, 0.15) is 120 Å². The molecule has 1 heterocycles. The maximum atomic E-state index is 14.3. The van der Waals surface area contributed by atoms with Crippen molar-refractivity contribution in [3.8, 4) is 0 Å². The van der Waals surface area contributed by atoms with Crippen LogP contribution in [0, 0.1) is 11.8 Å². The van der Waals surface area contributed by atoms with Crippen LogP contribution in [-0.4, -0.2) is 186 Å². The lowest BCUT2D eigenvalue weighted by Crippen LogP contribution is -2.63. The molecule has 0 spiro atoms. The number of nitrogens with one attached hydrogen (secondary N) is 7. The first-order valence-corrected chi connectivity index (χ1v) is 25.1. The van der Waals surface area contributed by atoms with Crippen molar-refractivity contribution < 1.29 is 57.8 Å². The highest BCUT2D eigenvalue weighted by Crippen LogP contribution is 2.21. The normalized spacial score (nSPS) is 16.8. The lowest BCUT2D eigenvalue weighted by Gasteiger charge is -2.35. The molecule has 1 rings (SSSR count). The third-order valence-corrected chi connectivity index (χ3v) is 12.8. The number of aliphatic hydroxyl groups excluding tert-OH is 1. The van der Waals surface area contributed by atoms with Gasteiger partial charge in [-0.2, -0.15) is 0 Å². The quantitative estimate of drug-likeness (QED) is 0.0178. The zero-order valence-corrected chi connectivity index (χ0v) is 44.3. The number of aliphatic imine (C=N–C) groups is 1. The van der Waals surface area contributed by atoms with Gasteiger partial charge in [0.05, 0.1) is 19.2 Å². The Labute approximate surface area is 428 Å². The molecule has 414 valence electrons. The minimum Gasteiger partial charge on any atom is -0.391 e. The number of nitrogens with zero attached hydrogens (tertiary/aromatic N) is 4. The van der Waals surface area contributed by atoms with Crippen molar-refractivity contribution in [2.75, 3.05) is 46.8 Å². The Morgan fingerprint density at radius 2 is 1.29 bits per heavy atom. The first kappa shape index (κ1) is 64.4. The van der Waals surface area contributed by atoms with Gasteiger partial charge in [-0.1, -0.05) is 53.9 Å². The number of likely N-dealkylation sites (N-methyl/N-ethyl adjacent to an activating group) is 3. The molecule has 0 aromatic rings. The van der Waals surface area contributed by atoms with Gasteiger partial charge in [-0.25, -0.2) is 0 Å². The summed E-state index contributed by atoms with van der Waals surface area (Å²) in [5.74, 6) is -8.86. The van der Waals surface area contributed by atoms with E-state index in [9.17, 15) is 57.8 Å². The molecular weight excluding hydrogens is 953 g/mol. The van der Waals surface area contributed by atoms with Crippen LogP contribution in [0.15, 0.2) is 4.99 Å². The van der Waals surface area contributed by atoms with E-state index in [-0.39, 0.29) is 63.0 Å². The average molecular weight is 1040 g/mol. The van der Waals surface area contributed by atoms with E-state index in [1.165, 1.54) is 32.8 Å². The third-order valence-electron chi connectivity index (χ3n) is 12.8. The van der Waals surface area contributed by atoms with Gasteiger partial charge in [-0.3, -0.25) is 57.7 Å². The first-order valence-electron chi connectivity index (χ1n) is 25.1. The summed E-state index contributed by atoms with van der Waals surface area (Å²) < 4.78 is 0. The predicted octanol–water partition coefficient (Wildman–Crippen LogP) is -3.45. The Kier molecular flexibility index (Phi) is 28.6. The fourth-order valence-electron chi connectivity index (χ4n) is 7.87. The molecule has 0 aromatic carbocycles. The minimum absolute atomic E-state index is 0.0780. The second-order valence-corrected chi connectivity index (χ2v) is 18.6. The second-order valence-electron chi connectivity index (χ2n) is 18.6. The van der Waals surface area contributed by atoms with Crippen LogP contribution in [0.4, 0.5) is 0 Å². The Balaban J connectivity index is 3.42. The molecule has 0 bridgehead atoms. The molecule has 1 aliphatic rings. The lowest BCUT2D eigenvalue weighted by atomic mass is 9.96. The van der Waals surface area contributed by atoms with Gasteiger partial charge in [0.1, 0.15) is 42.3 Å². The lowest BCUT2D eigenvalue weighted by molar-refractivity contribution is -0.146. The summed E-state index contributed by atoms with van der Waals surface area (Å²) in [6, 6.07) is -8.78. The topological polar surface area (TPSA) is 392 Å². The fourth-order valence-corrected chi connectivity index (χ4v) is 7.87. The Bertz CT molecular complexity index is 1950. The van der Waals surface area contributed by atoms with Crippen LogP contribution in [0.2, 0.25) is 0 Å². The van der Waals surface area contributed by atoms with Gasteiger partial charge in [0.2, 0.25) is 65.0 Å². The maximum Gasteiger partial charge on any atom is 0.248 e. The summed E-state index contributed by atoms with van der Waals surface area (Å²) in [6.45, 7) is 12.8. The number of hydrogen-bond acceptors (Lipinski definition) is 13. The molecule has 1 fully saturated rings. The van der Waals surface area contributed by atoms with Crippen LogP contribution in [0.5, 0.6) is 0 Å². The number of guanidine groups is 1. The summed E-state index contributed by atoms with van der Waals surface area (Å²) in [6.07, 6.45) is 0.373. The molecular formula is C47H84N14O12. The summed E-state index contributed by atoms with van der Waals surface area (Å²) >= 11 is 0. The van der Waals surface area contributed by atoms with Crippen LogP contribution in [0.3, 0.4) is 0 Å². The standard InChI is InChI=1S/C47H84N14O12/c1-11-17-32(42(69)57-37(26(5)12-2)43(70)55-31(18-15-22-52-47(49)50)45(72)61-23-16-19-33(61)41(68)51-14-4)60(10)46(73)39(28(7)62)58-44(71)38(27(6)13-3)56-40(67)30(20-21-34(48)64)54-35(65)24-53-36(66)25-59(9)29(8)63/h26-28,30-33,37-39,62H,11-25H2,1-10H3,(H2,48,64)(H,51,68)(H,53,66)(H,54,65)(H,55,70)(H,56,67)(H,57,69)(H,58,71)(H4,49,50,52)/t26?,27?,28?,30-,31-,32-,33-,37+,38+,39-/m0/s1. The van der Waals surface area contributed by atoms with E-state index < -0.39 is 120 Å². The van der Waals surface area contributed by atoms with Gasteiger partial charge in [-0.05, 0) is 64.2 Å². The molecule has 73 heavy (non-hydrogen) atoms. The molecule has 0 saturated carbocycles. The molecule has 3 unspecified atom stereocenters. The van der Waals surface area contributed by atoms with Gasteiger partial charge in [0.15, 0.2) is 5.96 Å². The molecule has 10 atom stereocenters. The molecule has 26 nitrogen and oxygen atoms in total. The van der Waals surface area contributed by atoms with Crippen molar-refractivity contribution in [1.29, 1.82) is 0 Å². The fraction of sp³-hybridized carbons (Fsp3) is 0.745. The zero-order chi connectivity index (χ0) is 55.7. The van der Waals surface area contributed by atoms with Crippen LogP contribution in [0.25, 0.3) is 0 Å². The second kappa shape index (κ2) is 32.5. The average Bonchev–Trinajstić information content (AvgIpc) is 3.83. The molecule has 0 aromatic heterocycles. The number of likely N-dealkylation sites (tertiary alicyclic amines) is 1. The highest BCUT2D eigenvalue weighted by molar-refractivity contribution is 5.98. The van der Waals surface area contributed by atoms with E-state index in [4.69, 9.17) is 17.2 Å². The molecule has 0 radical (unpaired) electrons. The summed E-state index contributed by atoms with van der Waals surface area (Å²) in [7, 11) is 2.69. The number of primary amides is 1. The number of aliphatic hydroxyl groups is 1. The molecule has 14 N–H and O–H groups in total. The van der Waals surface area contributed by atoms with Crippen LogP contribution in [-0.2, 0) is 52.7 Å². The van der Waals surface area contributed by atoms with E-state index in [0.717, 1.165) is 9.80 Å². The van der Waals surface area contributed by atoms with E-state index in [2.05, 4.69) is 42.2 Å². The van der Waals surface area contributed by atoms with Gasteiger partial charge >= 0.3 is 0 Å². The number of amides is 11. The van der Waals surface area contributed by atoms with E-state index in [0.29, 0.717) is 45.2 Å². The number of nitrogens with two attached hydrogens (primary N) is 3. The highest BCUT2D eigenvalue weighted by atomic mass is 16.3. The van der Waals surface area contributed by atoms with Gasteiger partial charge < -0.3 is 74.2 Å². The minimum atomic E-state index is -1.67. The first-order chi connectivity index (χ1) is 34.3. The van der Waals surface area contributed by atoms with Gasteiger partial charge in [0.25, 0.3) is 0 Å². The van der Waals surface area contributed by atoms with Crippen LogP contribution < -0.4 is 54.4 Å². The van der Waals surface area contributed by atoms with Gasteiger partial charge in [-0.15, -0.1) is 0 Å². The van der Waals surface area contributed by atoms with Crippen molar-refractivity contribution in [3.63, 3.8) is 0 Å². The molecule has 26 heteroatoms. The van der Waals surface area contributed by atoms with Crippen molar-refractivity contribution in [2.45, 2.75) is 168 Å². The van der Waals surface area contributed by atoms with Crippen LogP contribution >= 0.6 is 0 Å². The molecule has 1 saturated heterocycles. The molecule has 11 amide bonds. The monoisotopic (exact) mass is 1040 g/mol. The molecule has 0 aliphatic carbocycles. The van der Waals surface area contributed by atoms with Gasteiger partial charge in [0, 0.05) is 47.1 Å². The third kappa shape index (κ3) is 21.6. The number of rotatable bonds is 32. The zero-order valence-electron chi connectivity index (χ0n) is 44.3. The van der Waals surface area contributed by atoms with Crippen molar-refractivity contribution in [1.82, 2.24) is 51.9 Å². The summed E-state index contributed by atoms with van der Waals surface area (Å²) in [5, 5.41) is 29.1. The summed E-state index contributed by atoms with van der Waals surface area (Å²) in [4.78, 5) is 154. The number of hydrogen-bond donors (Lipinski definition) is 11. The largest absolute Gasteiger partial charge is 0.391 e. The number of carbonyl (C=O) groups excluding carboxylic acids is 11. The van der Waals surface area contributed by atoms with E-state index in [1.807, 2.05) is 0 Å². The molecule has 1 aliphatic heterocycles. The Hall–Kier alpha value is -6.60. The van der Waals surface area contributed by atoms with Crippen molar-refractivity contribution in [3.05, 3.63) is 0 Å². The van der Waals surface area contributed by atoms with Crippen molar-refractivity contribution >= 4 is 70.9 Å². The van der Waals surface area contributed by atoms with E-state index >= 15 is 0 Å². The SMILES string of the molecule is CCC[C@@H](C(=O)N[C@@H](C(=O)N[C@@H](CCCN=C(N)N)C(=O)N1CCC[C@H]1C(=O)NCC)C(C)CC)N(C)C(=O)[C@@H](NC(=O)[C@H](NC(=O)[C@H](CCC(N)=O)NC(=O)CNC(=O)CN(C)C(C)=O)C(C)CC)C(C)O. The smallest absolute Gasteiger partial charge is 0.248 e. The number of carbonyl (C=O) groups is 11.